The average Bonchev–Trinajstić information content (AvgIpc) is 2.72. The van der Waals surface area contributed by atoms with Crippen LogP contribution in [0.4, 0.5) is 0 Å². The highest BCUT2D eigenvalue weighted by Crippen LogP contribution is 2.27. The standard InChI is InChI=1S/C20H25ClN4O3/c1-2-9-25-19(26)8-7-17(23-25)20(27)22-14-18(24-10-12-28-13-11-24)15-5-3-4-6-16(15)21/h3-8,18H,2,9-14H2,1H3,(H,22,27)/t18-/m1/s1. The topological polar surface area (TPSA) is 76.5 Å². The Bertz CT molecular complexity index is 865. The molecule has 1 aromatic carbocycles. The van der Waals surface area contributed by atoms with Crippen LogP contribution < -0.4 is 10.9 Å². The maximum atomic E-state index is 12.7. The van der Waals surface area contributed by atoms with Crippen molar-refractivity contribution in [1.82, 2.24) is 20.0 Å². The number of amides is 1. The summed E-state index contributed by atoms with van der Waals surface area (Å²) in [5, 5.41) is 7.80. The number of carbonyl (C=O) groups is 1. The lowest BCUT2D eigenvalue weighted by molar-refractivity contribution is 0.0162. The van der Waals surface area contributed by atoms with Crippen molar-refractivity contribution < 1.29 is 9.53 Å². The molecule has 1 atom stereocenters. The Kier molecular flexibility index (Phi) is 7.19. The molecule has 1 amide bonds. The Hall–Kier alpha value is -2.22. The van der Waals surface area contributed by atoms with E-state index >= 15 is 0 Å². The quantitative estimate of drug-likeness (QED) is 0.764. The Morgan fingerprint density at radius 1 is 1.25 bits per heavy atom. The number of carbonyl (C=O) groups excluding carboxylic acids is 1. The Balaban J connectivity index is 1.76. The first-order valence-electron chi connectivity index (χ1n) is 9.52. The summed E-state index contributed by atoms with van der Waals surface area (Å²) in [5.41, 5.74) is 0.990. The van der Waals surface area contributed by atoms with Crippen LogP contribution in [0.25, 0.3) is 0 Å². The van der Waals surface area contributed by atoms with Gasteiger partial charge in [-0.2, -0.15) is 5.10 Å². The van der Waals surface area contributed by atoms with E-state index in [0.29, 0.717) is 31.3 Å². The number of aromatic nitrogens is 2. The molecule has 0 spiro atoms. The van der Waals surface area contributed by atoms with E-state index in [1.54, 1.807) is 0 Å². The van der Waals surface area contributed by atoms with Crippen LogP contribution in [0.5, 0.6) is 0 Å². The molecule has 0 bridgehead atoms. The van der Waals surface area contributed by atoms with Crippen molar-refractivity contribution in [3.05, 3.63) is 63.0 Å². The number of morpholine rings is 1. The van der Waals surface area contributed by atoms with Crippen molar-refractivity contribution in [3.8, 4) is 0 Å². The van der Waals surface area contributed by atoms with Gasteiger partial charge in [-0.3, -0.25) is 14.5 Å². The number of hydrogen-bond donors (Lipinski definition) is 1. The van der Waals surface area contributed by atoms with E-state index in [1.165, 1.54) is 16.8 Å². The number of nitrogens with one attached hydrogen (secondary N) is 1. The molecular weight excluding hydrogens is 380 g/mol. The second-order valence-corrected chi connectivity index (χ2v) is 7.08. The molecule has 1 aliphatic rings. The van der Waals surface area contributed by atoms with Gasteiger partial charge >= 0.3 is 0 Å². The number of ether oxygens (including phenoxy) is 1. The van der Waals surface area contributed by atoms with Crippen molar-refractivity contribution in [3.63, 3.8) is 0 Å². The highest BCUT2D eigenvalue weighted by Gasteiger charge is 2.25. The molecule has 28 heavy (non-hydrogen) atoms. The zero-order valence-electron chi connectivity index (χ0n) is 15.9. The van der Waals surface area contributed by atoms with Gasteiger partial charge < -0.3 is 10.1 Å². The third-order valence-corrected chi connectivity index (χ3v) is 5.09. The second-order valence-electron chi connectivity index (χ2n) is 6.68. The van der Waals surface area contributed by atoms with Gasteiger partial charge in [0, 0.05) is 37.3 Å². The van der Waals surface area contributed by atoms with Gasteiger partial charge in [-0.15, -0.1) is 0 Å². The van der Waals surface area contributed by atoms with E-state index in [0.717, 1.165) is 25.1 Å². The monoisotopic (exact) mass is 404 g/mol. The molecule has 0 saturated carbocycles. The van der Waals surface area contributed by atoms with Crippen molar-refractivity contribution in [2.75, 3.05) is 32.8 Å². The fraction of sp³-hybridized carbons (Fsp3) is 0.450. The number of aryl methyl sites for hydroxylation is 1. The van der Waals surface area contributed by atoms with Gasteiger partial charge in [0.2, 0.25) is 0 Å². The molecule has 0 aliphatic carbocycles. The first-order valence-corrected chi connectivity index (χ1v) is 9.90. The summed E-state index contributed by atoms with van der Waals surface area (Å²) in [6.07, 6.45) is 0.767. The minimum Gasteiger partial charge on any atom is -0.379 e. The first kappa shape index (κ1) is 20.5. The van der Waals surface area contributed by atoms with Crippen LogP contribution in [-0.2, 0) is 11.3 Å². The Morgan fingerprint density at radius 2 is 2.00 bits per heavy atom. The van der Waals surface area contributed by atoms with E-state index < -0.39 is 0 Å². The van der Waals surface area contributed by atoms with Crippen LogP contribution in [0, 0.1) is 0 Å². The summed E-state index contributed by atoms with van der Waals surface area (Å²) >= 11 is 6.42. The van der Waals surface area contributed by atoms with Gasteiger partial charge in [0.1, 0.15) is 5.69 Å². The van der Waals surface area contributed by atoms with Crippen molar-refractivity contribution >= 4 is 17.5 Å². The fourth-order valence-corrected chi connectivity index (χ4v) is 3.55. The van der Waals surface area contributed by atoms with Crippen molar-refractivity contribution in [2.24, 2.45) is 0 Å². The van der Waals surface area contributed by atoms with Crippen LogP contribution in [0.15, 0.2) is 41.2 Å². The van der Waals surface area contributed by atoms with Crippen molar-refractivity contribution in [1.29, 1.82) is 0 Å². The van der Waals surface area contributed by atoms with E-state index in [-0.39, 0.29) is 23.2 Å². The summed E-state index contributed by atoms with van der Waals surface area (Å²) in [6, 6.07) is 10.4. The number of nitrogens with zero attached hydrogens (tertiary/aromatic N) is 3. The summed E-state index contributed by atoms with van der Waals surface area (Å²) in [5.74, 6) is -0.310. The molecule has 0 radical (unpaired) electrons. The van der Waals surface area contributed by atoms with Gasteiger partial charge in [-0.25, -0.2) is 4.68 Å². The predicted octanol–water partition coefficient (Wildman–Crippen LogP) is 2.11. The summed E-state index contributed by atoms with van der Waals surface area (Å²) in [6.45, 7) is 5.66. The van der Waals surface area contributed by atoms with Gasteiger partial charge in [0.25, 0.3) is 11.5 Å². The molecule has 2 aromatic rings. The molecule has 3 rings (SSSR count). The molecule has 7 nitrogen and oxygen atoms in total. The zero-order chi connectivity index (χ0) is 19.9. The maximum absolute atomic E-state index is 12.7. The normalized spacial score (nSPS) is 15.9. The average molecular weight is 405 g/mol. The van der Waals surface area contributed by atoms with Crippen molar-refractivity contribution in [2.45, 2.75) is 25.9 Å². The molecule has 1 fully saturated rings. The highest BCUT2D eigenvalue weighted by molar-refractivity contribution is 6.31. The van der Waals surface area contributed by atoms with E-state index in [1.807, 2.05) is 31.2 Å². The van der Waals surface area contributed by atoms with Gasteiger partial charge in [-0.1, -0.05) is 36.7 Å². The number of rotatable bonds is 7. The lowest BCUT2D eigenvalue weighted by atomic mass is 10.0. The number of benzene rings is 1. The van der Waals surface area contributed by atoms with Crippen LogP contribution in [0.2, 0.25) is 5.02 Å². The van der Waals surface area contributed by atoms with E-state index in [2.05, 4.69) is 15.3 Å². The lowest BCUT2D eigenvalue weighted by Gasteiger charge is -2.35. The fourth-order valence-electron chi connectivity index (χ4n) is 3.29. The molecule has 1 aromatic heterocycles. The molecule has 8 heteroatoms. The highest BCUT2D eigenvalue weighted by atomic mass is 35.5. The van der Waals surface area contributed by atoms with E-state index in [4.69, 9.17) is 16.3 Å². The SMILES string of the molecule is CCCn1nc(C(=O)NC[C@H](c2ccccc2Cl)N2CCOCC2)ccc1=O. The third kappa shape index (κ3) is 4.98. The van der Waals surface area contributed by atoms with Gasteiger partial charge in [-0.05, 0) is 24.1 Å². The molecule has 1 aliphatic heterocycles. The molecule has 1 N–H and O–H groups in total. The first-order chi connectivity index (χ1) is 13.6. The molecular formula is C20H25ClN4O3. The van der Waals surface area contributed by atoms with E-state index in [9.17, 15) is 9.59 Å². The second kappa shape index (κ2) is 9.82. The molecule has 2 heterocycles. The minimum atomic E-state index is -0.310. The molecule has 0 unspecified atom stereocenters. The molecule has 1 saturated heterocycles. The Morgan fingerprint density at radius 3 is 2.71 bits per heavy atom. The summed E-state index contributed by atoms with van der Waals surface area (Å²) in [7, 11) is 0. The Labute approximate surface area is 169 Å². The maximum Gasteiger partial charge on any atom is 0.271 e. The predicted molar refractivity (Wildman–Crippen MR) is 108 cm³/mol. The lowest BCUT2D eigenvalue weighted by Crippen LogP contribution is -2.44. The largest absolute Gasteiger partial charge is 0.379 e. The summed E-state index contributed by atoms with van der Waals surface area (Å²) in [4.78, 5) is 26.7. The van der Waals surface area contributed by atoms with Crippen LogP contribution >= 0.6 is 11.6 Å². The van der Waals surface area contributed by atoms with Crippen LogP contribution in [0.1, 0.15) is 35.4 Å². The summed E-state index contributed by atoms with van der Waals surface area (Å²) < 4.78 is 6.78. The third-order valence-electron chi connectivity index (χ3n) is 4.74. The number of halogens is 1. The number of hydrogen-bond acceptors (Lipinski definition) is 5. The van der Waals surface area contributed by atoms with Crippen LogP contribution in [0.3, 0.4) is 0 Å². The van der Waals surface area contributed by atoms with Crippen LogP contribution in [-0.4, -0.2) is 53.4 Å². The smallest absolute Gasteiger partial charge is 0.271 e. The minimum absolute atomic E-state index is 0.0666. The molecule has 150 valence electrons. The zero-order valence-corrected chi connectivity index (χ0v) is 16.7. The van der Waals surface area contributed by atoms with Gasteiger partial charge in [0.15, 0.2) is 0 Å². The van der Waals surface area contributed by atoms with Gasteiger partial charge in [0.05, 0.1) is 19.3 Å².